The van der Waals surface area contributed by atoms with E-state index in [2.05, 4.69) is 5.32 Å². The lowest BCUT2D eigenvalue weighted by atomic mass is 9.87. The summed E-state index contributed by atoms with van der Waals surface area (Å²) in [6, 6.07) is 0. The molecule has 0 atom stereocenters. The first-order valence-electron chi connectivity index (χ1n) is 6.62. The molecule has 2 rings (SSSR count). The van der Waals surface area contributed by atoms with Gasteiger partial charge in [-0.15, -0.1) is 0 Å². The largest absolute Gasteiger partial charge is 0.383 e. The van der Waals surface area contributed by atoms with Gasteiger partial charge >= 0.3 is 0 Å². The van der Waals surface area contributed by atoms with Crippen molar-refractivity contribution in [3.8, 4) is 0 Å². The van der Waals surface area contributed by atoms with E-state index in [-0.39, 0.29) is 0 Å². The molecule has 1 saturated carbocycles. The van der Waals surface area contributed by atoms with Gasteiger partial charge in [0.1, 0.15) is 0 Å². The molecular formula is C13H25NO2. The number of hydrogen-bond acceptors (Lipinski definition) is 3. The van der Waals surface area contributed by atoms with Crippen LogP contribution in [0.2, 0.25) is 0 Å². The van der Waals surface area contributed by atoms with Crippen molar-refractivity contribution < 1.29 is 9.47 Å². The van der Waals surface area contributed by atoms with Crippen molar-refractivity contribution in [2.24, 2.45) is 11.3 Å². The number of methoxy groups -OCH3 is 1. The highest BCUT2D eigenvalue weighted by atomic mass is 16.5. The first-order valence-corrected chi connectivity index (χ1v) is 6.62. The number of rotatable bonds is 7. The summed E-state index contributed by atoms with van der Waals surface area (Å²) < 4.78 is 10.5. The van der Waals surface area contributed by atoms with E-state index in [0.29, 0.717) is 5.41 Å². The monoisotopic (exact) mass is 227 g/mol. The number of hydrogen-bond donors (Lipinski definition) is 1. The maximum absolute atomic E-state index is 5.42. The number of ether oxygens (including phenoxy) is 2. The van der Waals surface area contributed by atoms with Gasteiger partial charge in [-0.05, 0) is 43.4 Å². The lowest BCUT2D eigenvalue weighted by molar-refractivity contribution is 0.0567. The molecule has 0 aromatic heterocycles. The zero-order chi connectivity index (χ0) is 11.3. The molecule has 2 aliphatic rings. The molecule has 1 aliphatic carbocycles. The highest BCUT2D eigenvalue weighted by Gasteiger charge is 2.43. The van der Waals surface area contributed by atoms with Crippen LogP contribution in [-0.4, -0.2) is 40.0 Å². The second-order valence-corrected chi connectivity index (χ2v) is 5.43. The van der Waals surface area contributed by atoms with E-state index in [9.17, 15) is 0 Å². The minimum atomic E-state index is 0.635. The van der Waals surface area contributed by atoms with Crippen molar-refractivity contribution in [3.63, 3.8) is 0 Å². The van der Waals surface area contributed by atoms with Crippen LogP contribution in [0.4, 0.5) is 0 Å². The number of nitrogens with one attached hydrogen (secondary N) is 1. The lowest BCUT2D eigenvalue weighted by Crippen LogP contribution is -2.29. The predicted molar refractivity (Wildman–Crippen MR) is 64.6 cm³/mol. The van der Waals surface area contributed by atoms with Crippen molar-refractivity contribution in [2.75, 3.05) is 40.0 Å². The third-order valence-corrected chi connectivity index (χ3v) is 4.00. The molecule has 0 aromatic rings. The van der Waals surface area contributed by atoms with E-state index in [0.717, 1.165) is 32.3 Å². The highest BCUT2D eigenvalue weighted by molar-refractivity contribution is 4.96. The van der Waals surface area contributed by atoms with Crippen molar-refractivity contribution in [3.05, 3.63) is 0 Å². The average molecular weight is 227 g/mol. The van der Waals surface area contributed by atoms with E-state index in [1.54, 1.807) is 7.11 Å². The van der Waals surface area contributed by atoms with E-state index in [4.69, 9.17) is 9.47 Å². The normalized spacial score (nSPS) is 24.6. The molecule has 1 aliphatic heterocycles. The Balaban J connectivity index is 1.63. The third kappa shape index (κ3) is 3.72. The zero-order valence-corrected chi connectivity index (χ0v) is 10.5. The van der Waals surface area contributed by atoms with Crippen LogP contribution in [0.1, 0.15) is 32.1 Å². The lowest BCUT2D eigenvalue weighted by Gasteiger charge is -2.26. The Morgan fingerprint density at radius 2 is 2.06 bits per heavy atom. The molecule has 3 heteroatoms. The summed E-state index contributed by atoms with van der Waals surface area (Å²) in [5.41, 5.74) is 0.635. The standard InChI is InChI=1S/C13H25NO2/c1-15-9-6-14-11-13(4-5-13)10-12-2-7-16-8-3-12/h12,14H,2-11H2,1H3. The van der Waals surface area contributed by atoms with Gasteiger partial charge in [-0.3, -0.25) is 0 Å². The van der Waals surface area contributed by atoms with E-state index in [1.807, 2.05) is 0 Å². The van der Waals surface area contributed by atoms with Crippen molar-refractivity contribution in [2.45, 2.75) is 32.1 Å². The summed E-state index contributed by atoms with van der Waals surface area (Å²) in [4.78, 5) is 0. The van der Waals surface area contributed by atoms with Gasteiger partial charge in [0.15, 0.2) is 0 Å². The van der Waals surface area contributed by atoms with Crippen molar-refractivity contribution >= 4 is 0 Å². The topological polar surface area (TPSA) is 30.5 Å². The molecule has 0 bridgehead atoms. The fourth-order valence-electron chi connectivity index (χ4n) is 2.72. The fraction of sp³-hybridized carbons (Fsp3) is 1.00. The van der Waals surface area contributed by atoms with Gasteiger partial charge in [-0.25, -0.2) is 0 Å². The van der Waals surface area contributed by atoms with Gasteiger partial charge in [0.2, 0.25) is 0 Å². The Morgan fingerprint density at radius 3 is 2.69 bits per heavy atom. The summed E-state index contributed by atoms with van der Waals surface area (Å²) in [5.74, 6) is 0.917. The first-order chi connectivity index (χ1) is 7.85. The molecule has 0 amide bonds. The molecule has 0 radical (unpaired) electrons. The summed E-state index contributed by atoms with van der Waals surface area (Å²) in [7, 11) is 1.76. The summed E-state index contributed by atoms with van der Waals surface area (Å²) in [6.07, 6.45) is 6.81. The molecule has 0 spiro atoms. The Bertz CT molecular complexity index is 198. The first kappa shape index (κ1) is 12.3. The van der Waals surface area contributed by atoms with Crippen LogP contribution in [0.3, 0.4) is 0 Å². The Kier molecular flexibility index (Phi) is 4.62. The van der Waals surface area contributed by atoms with Gasteiger partial charge in [0.05, 0.1) is 6.61 Å². The second kappa shape index (κ2) is 5.99. The molecule has 1 heterocycles. The maximum atomic E-state index is 5.42. The van der Waals surface area contributed by atoms with Crippen LogP contribution in [0.15, 0.2) is 0 Å². The summed E-state index contributed by atoms with van der Waals surface area (Å²) in [5, 5.41) is 3.52. The SMILES string of the molecule is COCCNCC1(CC2CCOCC2)CC1. The molecule has 2 fully saturated rings. The van der Waals surface area contributed by atoms with Crippen molar-refractivity contribution in [1.29, 1.82) is 0 Å². The highest BCUT2D eigenvalue weighted by Crippen LogP contribution is 2.51. The zero-order valence-electron chi connectivity index (χ0n) is 10.5. The fourth-order valence-corrected chi connectivity index (χ4v) is 2.72. The van der Waals surface area contributed by atoms with Gasteiger partial charge in [0.25, 0.3) is 0 Å². The second-order valence-electron chi connectivity index (χ2n) is 5.43. The van der Waals surface area contributed by atoms with Crippen LogP contribution in [0.5, 0.6) is 0 Å². The molecule has 16 heavy (non-hydrogen) atoms. The summed E-state index contributed by atoms with van der Waals surface area (Å²) in [6.45, 7) is 4.97. The minimum absolute atomic E-state index is 0.635. The van der Waals surface area contributed by atoms with E-state index in [1.165, 1.54) is 38.6 Å². The third-order valence-electron chi connectivity index (χ3n) is 4.00. The molecule has 94 valence electrons. The van der Waals surface area contributed by atoms with Crippen LogP contribution in [-0.2, 0) is 9.47 Å². The van der Waals surface area contributed by atoms with Gasteiger partial charge < -0.3 is 14.8 Å². The van der Waals surface area contributed by atoms with E-state index >= 15 is 0 Å². The Morgan fingerprint density at radius 1 is 1.31 bits per heavy atom. The van der Waals surface area contributed by atoms with E-state index < -0.39 is 0 Å². The van der Waals surface area contributed by atoms with Crippen LogP contribution in [0, 0.1) is 11.3 Å². The van der Waals surface area contributed by atoms with Crippen molar-refractivity contribution in [1.82, 2.24) is 5.32 Å². The molecule has 3 nitrogen and oxygen atoms in total. The molecule has 0 unspecified atom stereocenters. The van der Waals surface area contributed by atoms with Gasteiger partial charge in [-0.1, -0.05) is 0 Å². The minimum Gasteiger partial charge on any atom is -0.383 e. The van der Waals surface area contributed by atoms with Crippen LogP contribution >= 0.6 is 0 Å². The predicted octanol–water partition coefficient (Wildman–Crippen LogP) is 1.82. The van der Waals surface area contributed by atoms with Gasteiger partial charge in [-0.2, -0.15) is 0 Å². The Hall–Kier alpha value is -0.120. The summed E-state index contributed by atoms with van der Waals surface area (Å²) >= 11 is 0. The average Bonchev–Trinajstić information content (AvgIpc) is 3.06. The Labute approximate surface area is 98.9 Å². The quantitative estimate of drug-likeness (QED) is 0.673. The maximum Gasteiger partial charge on any atom is 0.0587 e. The molecule has 1 saturated heterocycles. The molecular weight excluding hydrogens is 202 g/mol. The molecule has 0 aromatic carbocycles. The molecule has 1 N–H and O–H groups in total. The van der Waals surface area contributed by atoms with Crippen LogP contribution in [0.25, 0.3) is 0 Å². The van der Waals surface area contributed by atoms with Gasteiger partial charge in [0, 0.05) is 33.4 Å². The smallest absolute Gasteiger partial charge is 0.0587 e. The van der Waals surface area contributed by atoms with Crippen LogP contribution < -0.4 is 5.32 Å².